The van der Waals surface area contributed by atoms with E-state index in [1.54, 1.807) is 6.92 Å². The summed E-state index contributed by atoms with van der Waals surface area (Å²) in [5.41, 5.74) is 5.93. The number of anilines is 1. The number of aryl methyl sites for hydroxylation is 1. The minimum absolute atomic E-state index is 0.0518. The number of hydrogen-bond acceptors (Lipinski definition) is 8. The summed E-state index contributed by atoms with van der Waals surface area (Å²) < 4.78 is 5.16. The summed E-state index contributed by atoms with van der Waals surface area (Å²) in [6, 6.07) is 1.55. The highest BCUT2D eigenvalue weighted by atomic mass is 32.2. The molecule has 0 radical (unpaired) electrons. The number of ether oxygens (including phenoxy) is 1. The van der Waals surface area contributed by atoms with Crippen LogP contribution in [-0.4, -0.2) is 31.5 Å². The first-order chi connectivity index (χ1) is 9.06. The van der Waals surface area contributed by atoms with Gasteiger partial charge in [-0.1, -0.05) is 0 Å². The minimum Gasteiger partial charge on any atom is -0.464 e. The van der Waals surface area contributed by atoms with Crippen LogP contribution in [0.25, 0.3) is 0 Å². The molecule has 0 amide bonds. The number of H-pyrrole nitrogens is 1. The van der Waals surface area contributed by atoms with Gasteiger partial charge in [-0.15, -0.1) is 0 Å². The van der Waals surface area contributed by atoms with Crippen LogP contribution in [0, 0.1) is 6.92 Å². The molecule has 0 spiro atoms. The zero-order chi connectivity index (χ0) is 13.8. The quantitative estimate of drug-likeness (QED) is 0.772. The average Bonchev–Trinajstić information content (AvgIpc) is 2.26. The van der Waals surface area contributed by atoms with E-state index in [0.717, 1.165) is 11.8 Å². The molecule has 2 aromatic rings. The lowest BCUT2D eigenvalue weighted by atomic mass is 10.5. The molecule has 0 saturated carbocycles. The number of hydrogen-bond donors (Lipinski definition) is 2. The van der Waals surface area contributed by atoms with Gasteiger partial charge in [-0.2, -0.15) is 15.0 Å². The van der Waals surface area contributed by atoms with Crippen molar-refractivity contribution in [3.05, 3.63) is 22.1 Å². The summed E-state index contributed by atoms with van der Waals surface area (Å²) in [5, 5.41) is 0.697. The van der Waals surface area contributed by atoms with Crippen molar-refractivity contribution in [3.8, 4) is 6.01 Å². The van der Waals surface area contributed by atoms with Crippen molar-refractivity contribution >= 4 is 17.7 Å². The Morgan fingerprint density at radius 3 is 2.84 bits per heavy atom. The molecule has 0 aromatic carbocycles. The highest BCUT2D eigenvalue weighted by Crippen LogP contribution is 2.21. The Balaban J connectivity index is 2.29. The van der Waals surface area contributed by atoms with E-state index < -0.39 is 0 Å². The van der Waals surface area contributed by atoms with Crippen LogP contribution in [0.15, 0.2) is 21.2 Å². The Bertz CT molecular complexity index is 644. The summed E-state index contributed by atoms with van der Waals surface area (Å²) in [5.74, 6) is 0.0518. The number of rotatable bonds is 4. The number of nitrogen functional groups attached to an aromatic ring is 1. The summed E-state index contributed by atoms with van der Waals surface area (Å²) >= 11 is 1.08. The zero-order valence-electron chi connectivity index (χ0n) is 10.4. The Morgan fingerprint density at radius 2 is 2.16 bits per heavy atom. The maximum atomic E-state index is 11.3. The third-order valence-corrected chi connectivity index (χ3v) is 2.67. The van der Waals surface area contributed by atoms with E-state index in [-0.39, 0.29) is 17.5 Å². The molecule has 19 heavy (non-hydrogen) atoms. The van der Waals surface area contributed by atoms with E-state index in [4.69, 9.17) is 10.5 Å². The number of nitrogens with two attached hydrogens (primary N) is 1. The minimum atomic E-state index is -0.234. The first-order valence-corrected chi connectivity index (χ1v) is 6.28. The van der Waals surface area contributed by atoms with Gasteiger partial charge in [0.15, 0.2) is 5.16 Å². The van der Waals surface area contributed by atoms with Crippen molar-refractivity contribution in [2.24, 2.45) is 0 Å². The number of aromatic nitrogens is 5. The van der Waals surface area contributed by atoms with E-state index in [0.29, 0.717) is 22.6 Å². The Hall–Kier alpha value is -2.16. The molecule has 2 aromatic heterocycles. The molecule has 3 N–H and O–H groups in total. The number of aromatic amines is 1. The van der Waals surface area contributed by atoms with Crippen LogP contribution < -0.4 is 16.0 Å². The fourth-order valence-corrected chi connectivity index (χ4v) is 2.06. The molecule has 0 bridgehead atoms. The van der Waals surface area contributed by atoms with Crippen molar-refractivity contribution in [2.75, 3.05) is 12.3 Å². The fourth-order valence-electron chi connectivity index (χ4n) is 1.28. The number of nitrogens with one attached hydrogen (secondary N) is 1. The summed E-state index contributed by atoms with van der Waals surface area (Å²) in [6.45, 7) is 3.96. The second-order valence-corrected chi connectivity index (χ2v) is 4.44. The van der Waals surface area contributed by atoms with Crippen LogP contribution >= 0.6 is 11.8 Å². The van der Waals surface area contributed by atoms with Crippen molar-refractivity contribution in [2.45, 2.75) is 24.2 Å². The highest BCUT2D eigenvalue weighted by molar-refractivity contribution is 7.99. The normalized spacial score (nSPS) is 10.4. The molecule has 100 valence electrons. The van der Waals surface area contributed by atoms with Gasteiger partial charge in [0.1, 0.15) is 0 Å². The van der Waals surface area contributed by atoms with Crippen LogP contribution in [0.2, 0.25) is 0 Å². The molecule has 0 saturated heterocycles. The zero-order valence-corrected chi connectivity index (χ0v) is 11.2. The lowest BCUT2D eigenvalue weighted by molar-refractivity contribution is 0.308. The van der Waals surface area contributed by atoms with Crippen molar-refractivity contribution in [3.63, 3.8) is 0 Å². The van der Waals surface area contributed by atoms with Gasteiger partial charge in [-0.3, -0.25) is 4.79 Å². The van der Waals surface area contributed by atoms with Crippen molar-refractivity contribution in [1.29, 1.82) is 0 Å². The molecule has 2 rings (SSSR count). The molecular formula is C10H12N6O2S. The molecule has 9 heteroatoms. The highest BCUT2D eigenvalue weighted by Gasteiger charge is 2.09. The number of nitrogens with zero attached hydrogens (tertiary/aromatic N) is 4. The summed E-state index contributed by atoms with van der Waals surface area (Å²) in [7, 11) is 0. The largest absolute Gasteiger partial charge is 0.464 e. The first kappa shape index (κ1) is 13.3. The molecule has 8 nitrogen and oxygen atoms in total. The van der Waals surface area contributed by atoms with Gasteiger partial charge in [-0.05, 0) is 25.6 Å². The van der Waals surface area contributed by atoms with E-state index in [9.17, 15) is 4.79 Å². The molecular weight excluding hydrogens is 268 g/mol. The Kier molecular flexibility index (Phi) is 3.95. The fraction of sp³-hybridized carbons (Fsp3) is 0.300. The van der Waals surface area contributed by atoms with Crippen LogP contribution in [0.4, 0.5) is 5.95 Å². The second-order valence-electron chi connectivity index (χ2n) is 3.49. The van der Waals surface area contributed by atoms with Gasteiger partial charge in [0.25, 0.3) is 5.56 Å². The van der Waals surface area contributed by atoms with Gasteiger partial charge in [0.05, 0.1) is 6.61 Å². The smallest absolute Gasteiger partial charge is 0.322 e. The predicted molar refractivity (Wildman–Crippen MR) is 69.1 cm³/mol. The molecule has 0 unspecified atom stereocenters. The summed E-state index contributed by atoms with van der Waals surface area (Å²) in [6.07, 6.45) is 0. The van der Waals surface area contributed by atoms with Crippen LogP contribution in [0.5, 0.6) is 6.01 Å². The SMILES string of the molecule is CCOc1nc(N)nc(Sc2nc(C)cc(=O)[nH]2)n1. The lowest BCUT2D eigenvalue weighted by Gasteiger charge is -2.04. The topological polar surface area (TPSA) is 120 Å². The van der Waals surface area contributed by atoms with Crippen LogP contribution in [-0.2, 0) is 0 Å². The van der Waals surface area contributed by atoms with E-state index in [1.807, 2.05) is 6.92 Å². The van der Waals surface area contributed by atoms with Gasteiger partial charge in [0, 0.05) is 11.8 Å². The van der Waals surface area contributed by atoms with Gasteiger partial charge in [-0.25, -0.2) is 4.98 Å². The second kappa shape index (κ2) is 5.65. The van der Waals surface area contributed by atoms with Crippen LogP contribution in [0.1, 0.15) is 12.6 Å². The monoisotopic (exact) mass is 280 g/mol. The van der Waals surface area contributed by atoms with Gasteiger partial charge < -0.3 is 15.5 Å². The molecule has 0 aliphatic heterocycles. The molecule has 0 atom stereocenters. The van der Waals surface area contributed by atoms with Crippen LogP contribution in [0.3, 0.4) is 0 Å². The third-order valence-electron chi connectivity index (χ3n) is 1.92. The van der Waals surface area contributed by atoms with E-state index in [1.165, 1.54) is 6.07 Å². The first-order valence-electron chi connectivity index (χ1n) is 5.47. The van der Waals surface area contributed by atoms with Crippen molar-refractivity contribution in [1.82, 2.24) is 24.9 Å². The third kappa shape index (κ3) is 3.65. The Labute approximate surface area is 112 Å². The molecule has 0 aliphatic rings. The lowest BCUT2D eigenvalue weighted by Crippen LogP contribution is -2.09. The van der Waals surface area contributed by atoms with Crippen molar-refractivity contribution < 1.29 is 4.74 Å². The van der Waals surface area contributed by atoms with E-state index >= 15 is 0 Å². The molecule has 2 heterocycles. The Morgan fingerprint density at radius 1 is 1.37 bits per heavy atom. The van der Waals surface area contributed by atoms with Gasteiger partial charge in [0.2, 0.25) is 11.1 Å². The van der Waals surface area contributed by atoms with E-state index in [2.05, 4.69) is 24.9 Å². The standard InChI is InChI=1S/C10H12N6O2S/c1-3-18-8-14-7(11)15-10(16-8)19-9-12-5(2)4-6(17)13-9/h4H,3H2,1-2H3,(H,12,13,17)(H2,11,14,15,16). The molecule has 0 aliphatic carbocycles. The molecule has 0 fully saturated rings. The van der Waals surface area contributed by atoms with Gasteiger partial charge >= 0.3 is 6.01 Å². The average molecular weight is 280 g/mol. The summed E-state index contributed by atoms with van der Waals surface area (Å²) in [4.78, 5) is 29.9. The maximum Gasteiger partial charge on any atom is 0.322 e. The maximum absolute atomic E-state index is 11.3. The predicted octanol–water partition coefficient (Wildman–Crippen LogP) is 0.395.